The van der Waals surface area contributed by atoms with E-state index in [1.165, 1.54) is 24.1 Å². The van der Waals surface area contributed by atoms with E-state index in [1.54, 1.807) is 49.3 Å². The first-order valence-electron chi connectivity index (χ1n) is 8.59. The average molecular weight is 408 g/mol. The molecule has 0 heterocycles. The number of hydrogen-bond donors (Lipinski definition) is 1. The van der Waals surface area contributed by atoms with Crippen LogP contribution in [-0.2, 0) is 16.1 Å². The first-order chi connectivity index (χ1) is 13.3. The highest BCUT2D eigenvalue weighted by atomic mass is 35.5. The lowest BCUT2D eigenvalue weighted by Crippen LogP contribution is -2.39. The van der Waals surface area contributed by atoms with Gasteiger partial charge in [-0.15, -0.1) is 0 Å². The number of ether oxygens (including phenoxy) is 1. The third-order valence-corrected chi connectivity index (χ3v) is 4.22. The van der Waals surface area contributed by atoms with Gasteiger partial charge in [0.05, 0.1) is 25.9 Å². The third kappa shape index (κ3) is 6.51. The van der Waals surface area contributed by atoms with Gasteiger partial charge < -0.3 is 15.0 Å². The van der Waals surface area contributed by atoms with Gasteiger partial charge in [-0.25, -0.2) is 4.39 Å². The Bertz CT molecular complexity index is 847. The second-order valence-corrected chi connectivity index (χ2v) is 6.88. The van der Waals surface area contributed by atoms with Crippen LogP contribution in [-0.4, -0.2) is 55.9 Å². The molecule has 2 aromatic rings. The monoisotopic (exact) mass is 407 g/mol. The molecule has 28 heavy (non-hydrogen) atoms. The van der Waals surface area contributed by atoms with Gasteiger partial charge in [0.1, 0.15) is 11.6 Å². The van der Waals surface area contributed by atoms with Gasteiger partial charge in [0.25, 0.3) is 0 Å². The number of amides is 2. The molecule has 0 atom stereocenters. The first-order valence-corrected chi connectivity index (χ1v) is 8.96. The van der Waals surface area contributed by atoms with E-state index in [9.17, 15) is 14.0 Å². The molecule has 6 nitrogen and oxygen atoms in total. The van der Waals surface area contributed by atoms with E-state index in [-0.39, 0.29) is 37.3 Å². The van der Waals surface area contributed by atoms with Crippen LogP contribution in [0.1, 0.15) is 5.56 Å². The summed E-state index contributed by atoms with van der Waals surface area (Å²) in [5.74, 6) is -0.335. The van der Waals surface area contributed by atoms with Crippen molar-refractivity contribution in [1.29, 1.82) is 0 Å². The number of nitrogens with zero attached hydrogens (tertiary/aromatic N) is 2. The maximum absolute atomic E-state index is 13.3. The van der Waals surface area contributed by atoms with Gasteiger partial charge in [-0.3, -0.25) is 14.5 Å². The Morgan fingerprint density at radius 1 is 1.14 bits per heavy atom. The number of hydrogen-bond acceptors (Lipinski definition) is 4. The van der Waals surface area contributed by atoms with Crippen LogP contribution in [0.25, 0.3) is 0 Å². The molecule has 0 saturated heterocycles. The van der Waals surface area contributed by atoms with Gasteiger partial charge in [0.15, 0.2) is 0 Å². The third-order valence-electron chi connectivity index (χ3n) is 3.99. The molecule has 2 aromatic carbocycles. The predicted octanol–water partition coefficient (Wildman–Crippen LogP) is 3.02. The fraction of sp³-hybridized carbons (Fsp3) is 0.300. The van der Waals surface area contributed by atoms with Gasteiger partial charge in [-0.1, -0.05) is 23.7 Å². The van der Waals surface area contributed by atoms with Crippen LogP contribution in [0.3, 0.4) is 0 Å². The van der Waals surface area contributed by atoms with Gasteiger partial charge >= 0.3 is 0 Å². The molecule has 0 bridgehead atoms. The number of methoxy groups -OCH3 is 1. The maximum atomic E-state index is 13.3. The standard InChI is InChI=1S/C20H23ClFN3O3/c1-24(12-19(26)23-17-10-15(21)7-8-18(17)28-3)13-20(27)25(2)11-14-5-4-6-16(22)9-14/h4-10H,11-13H2,1-3H3,(H,23,26). The normalized spacial score (nSPS) is 10.6. The first kappa shape index (κ1) is 21.7. The Labute approximate surface area is 168 Å². The Morgan fingerprint density at radius 3 is 2.57 bits per heavy atom. The number of nitrogens with one attached hydrogen (secondary N) is 1. The summed E-state index contributed by atoms with van der Waals surface area (Å²) in [7, 11) is 4.80. The minimum atomic E-state index is -0.344. The lowest BCUT2D eigenvalue weighted by atomic mass is 10.2. The Hall–Kier alpha value is -2.64. The van der Waals surface area contributed by atoms with Crippen molar-refractivity contribution < 1.29 is 18.7 Å². The van der Waals surface area contributed by atoms with Crippen molar-refractivity contribution in [2.75, 3.05) is 39.6 Å². The van der Waals surface area contributed by atoms with Gasteiger partial charge in [-0.2, -0.15) is 0 Å². The molecule has 0 unspecified atom stereocenters. The van der Waals surface area contributed by atoms with Crippen molar-refractivity contribution in [3.05, 3.63) is 58.9 Å². The molecule has 8 heteroatoms. The van der Waals surface area contributed by atoms with Crippen LogP contribution in [0.4, 0.5) is 10.1 Å². The molecular weight excluding hydrogens is 385 g/mol. The van der Waals surface area contributed by atoms with Crippen molar-refractivity contribution in [2.45, 2.75) is 6.54 Å². The summed E-state index contributed by atoms with van der Waals surface area (Å²) < 4.78 is 18.4. The van der Waals surface area contributed by atoms with Gasteiger partial charge in [0, 0.05) is 18.6 Å². The molecule has 0 aromatic heterocycles. The molecule has 1 N–H and O–H groups in total. The quantitative estimate of drug-likeness (QED) is 0.730. The molecule has 0 aliphatic rings. The van der Waals surface area contributed by atoms with E-state index in [4.69, 9.17) is 16.3 Å². The smallest absolute Gasteiger partial charge is 0.238 e. The minimum Gasteiger partial charge on any atom is -0.495 e. The SMILES string of the molecule is COc1ccc(Cl)cc1NC(=O)CN(C)CC(=O)N(C)Cc1cccc(F)c1. The lowest BCUT2D eigenvalue weighted by molar-refractivity contribution is -0.131. The second-order valence-electron chi connectivity index (χ2n) is 6.44. The van der Waals surface area contributed by atoms with E-state index < -0.39 is 0 Å². The van der Waals surface area contributed by atoms with Crippen LogP contribution < -0.4 is 10.1 Å². The predicted molar refractivity (Wildman–Crippen MR) is 107 cm³/mol. The summed E-state index contributed by atoms with van der Waals surface area (Å²) in [6, 6.07) is 11.0. The Balaban J connectivity index is 1.87. The zero-order chi connectivity index (χ0) is 20.7. The van der Waals surface area contributed by atoms with E-state index in [2.05, 4.69) is 5.32 Å². The summed E-state index contributed by atoms with van der Waals surface area (Å²) in [5.41, 5.74) is 1.16. The number of carbonyl (C=O) groups is 2. The highest BCUT2D eigenvalue weighted by Crippen LogP contribution is 2.27. The molecule has 150 valence electrons. The zero-order valence-corrected chi connectivity index (χ0v) is 16.8. The minimum absolute atomic E-state index is 0.00914. The molecule has 2 amide bonds. The fourth-order valence-corrected chi connectivity index (χ4v) is 2.79. The molecular formula is C20H23ClFN3O3. The summed E-state index contributed by atoms with van der Waals surface area (Å²) in [4.78, 5) is 27.7. The molecule has 0 fully saturated rings. The largest absolute Gasteiger partial charge is 0.495 e. The van der Waals surface area contributed by atoms with Gasteiger partial charge in [0.2, 0.25) is 11.8 Å². The van der Waals surface area contributed by atoms with E-state index in [0.29, 0.717) is 22.0 Å². The maximum Gasteiger partial charge on any atom is 0.238 e. The molecule has 0 aliphatic heterocycles. The van der Waals surface area contributed by atoms with Crippen LogP contribution in [0.2, 0.25) is 5.02 Å². The zero-order valence-electron chi connectivity index (χ0n) is 16.0. The summed E-state index contributed by atoms with van der Waals surface area (Å²) >= 11 is 5.95. The summed E-state index contributed by atoms with van der Waals surface area (Å²) in [6.45, 7) is 0.345. The van der Waals surface area contributed by atoms with E-state index in [1.807, 2.05) is 0 Å². The number of halogens is 2. The van der Waals surface area contributed by atoms with Crippen LogP contribution in [0.5, 0.6) is 5.75 Å². The van der Waals surface area contributed by atoms with Crippen LogP contribution >= 0.6 is 11.6 Å². The lowest BCUT2D eigenvalue weighted by Gasteiger charge is -2.22. The number of carbonyl (C=O) groups excluding carboxylic acids is 2. The highest BCUT2D eigenvalue weighted by Gasteiger charge is 2.16. The highest BCUT2D eigenvalue weighted by molar-refractivity contribution is 6.31. The molecule has 0 spiro atoms. The molecule has 0 radical (unpaired) electrons. The fourth-order valence-electron chi connectivity index (χ4n) is 2.62. The molecule has 0 saturated carbocycles. The van der Waals surface area contributed by atoms with Crippen molar-refractivity contribution in [1.82, 2.24) is 9.80 Å². The van der Waals surface area contributed by atoms with Gasteiger partial charge in [-0.05, 0) is 42.9 Å². The van der Waals surface area contributed by atoms with Crippen molar-refractivity contribution in [3.63, 3.8) is 0 Å². The summed E-state index contributed by atoms with van der Waals surface area (Å²) in [6.07, 6.45) is 0. The van der Waals surface area contributed by atoms with Crippen LogP contribution in [0.15, 0.2) is 42.5 Å². The number of rotatable bonds is 8. The van der Waals surface area contributed by atoms with Crippen LogP contribution in [0, 0.1) is 5.82 Å². The molecule has 2 rings (SSSR count). The number of benzene rings is 2. The molecule has 0 aliphatic carbocycles. The Morgan fingerprint density at radius 2 is 1.89 bits per heavy atom. The average Bonchev–Trinajstić information content (AvgIpc) is 2.61. The van der Waals surface area contributed by atoms with Crippen molar-refractivity contribution in [2.24, 2.45) is 0 Å². The number of likely N-dealkylation sites (N-methyl/N-ethyl adjacent to an activating group) is 2. The topological polar surface area (TPSA) is 61.9 Å². The van der Waals surface area contributed by atoms with Crippen molar-refractivity contribution >= 4 is 29.1 Å². The van der Waals surface area contributed by atoms with E-state index >= 15 is 0 Å². The Kier molecular flexibility index (Phi) is 7.78. The van der Waals surface area contributed by atoms with E-state index in [0.717, 1.165) is 0 Å². The number of anilines is 1. The summed E-state index contributed by atoms with van der Waals surface area (Å²) in [5, 5.41) is 3.20. The van der Waals surface area contributed by atoms with Crippen molar-refractivity contribution in [3.8, 4) is 5.75 Å². The second kappa shape index (κ2) is 10.1.